The first-order valence-corrected chi connectivity index (χ1v) is 11.2. The molecular weight excluding hydrogens is 471 g/mol. The molecule has 0 unspecified atom stereocenters. The highest BCUT2D eigenvalue weighted by atomic mass is 19.1. The van der Waals surface area contributed by atoms with E-state index in [1.54, 1.807) is 54.6 Å². The van der Waals surface area contributed by atoms with Crippen LogP contribution in [0.5, 0.6) is 0 Å². The number of halogens is 1. The fourth-order valence-corrected chi connectivity index (χ4v) is 3.71. The average Bonchev–Trinajstić information content (AvgIpc) is 2.93. The molecule has 1 saturated heterocycles. The number of hydrogen-bond acceptors (Lipinski definition) is 8. The number of benzene rings is 3. The van der Waals surface area contributed by atoms with E-state index in [2.05, 4.69) is 0 Å². The van der Waals surface area contributed by atoms with Gasteiger partial charge in [-0.15, -0.1) is 0 Å². The number of hydrogen-bond donors (Lipinski definition) is 1. The number of esters is 3. The monoisotopic (exact) mass is 494 g/mol. The zero-order valence-corrected chi connectivity index (χ0v) is 18.9. The van der Waals surface area contributed by atoms with Crippen LogP contribution in [0.3, 0.4) is 0 Å². The Morgan fingerprint density at radius 1 is 0.639 bits per heavy atom. The minimum atomic E-state index is -2.28. The molecule has 1 aliphatic heterocycles. The third kappa shape index (κ3) is 5.76. The van der Waals surface area contributed by atoms with Crippen molar-refractivity contribution in [3.05, 3.63) is 108 Å². The molecule has 3 aromatic carbocycles. The quantitative estimate of drug-likeness (QED) is 0.394. The van der Waals surface area contributed by atoms with E-state index in [1.165, 1.54) is 36.4 Å². The van der Waals surface area contributed by atoms with Crippen LogP contribution in [0.2, 0.25) is 0 Å². The van der Waals surface area contributed by atoms with Gasteiger partial charge in [0, 0.05) is 0 Å². The molecule has 3 aromatic rings. The van der Waals surface area contributed by atoms with E-state index in [9.17, 15) is 19.5 Å². The third-order valence-corrected chi connectivity index (χ3v) is 5.51. The van der Waals surface area contributed by atoms with Crippen LogP contribution in [0.15, 0.2) is 91.0 Å². The van der Waals surface area contributed by atoms with Crippen molar-refractivity contribution in [2.75, 3.05) is 6.61 Å². The Bertz CT molecular complexity index is 1170. The Hall–Kier alpha value is -4.08. The Balaban J connectivity index is 1.66. The van der Waals surface area contributed by atoms with E-state index in [0.29, 0.717) is 0 Å². The topological polar surface area (TPSA) is 108 Å². The summed E-state index contributed by atoms with van der Waals surface area (Å²) >= 11 is 0. The summed E-state index contributed by atoms with van der Waals surface area (Å²) in [5, 5.41) is 9.85. The molecule has 1 heterocycles. The van der Waals surface area contributed by atoms with Crippen LogP contribution in [-0.4, -0.2) is 60.4 Å². The van der Waals surface area contributed by atoms with Crippen molar-refractivity contribution in [1.82, 2.24) is 0 Å². The van der Waals surface area contributed by atoms with Gasteiger partial charge in [0.2, 0.25) is 6.36 Å². The highest BCUT2D eigenvalue weighted by Crippen LogP contribution is 2.31. The van der Waals surface area contributed by atoms with E-state index in [1.807, 2.05) is 0 Å². The molecule has 9 heteroatoms. The fraction of sp³-hybridized carbons (Fsp3) is 0.222. The summed E-state index contributed by atoms with van der Waals surface area (Å²) in [6, 6.07) is 23.6. The van der Waals surface area contributed by atoms with Crippen LogP contribution in [0, 0.1) is 0 Å². The number of aliphatic hydroxyl groups excluding tert-OH is 1. The lowest BCUT2D eigenvalue weighted by Crippen LogP contribution is -2.61. The number of carbonyl (C=O) groups is 3. The minimum Gasteiger partial charge on any atom is -0.452 e. The zero-order valence-electron chi connectivity index (χ0n) is 18.9. The van der Waals surface area contributed by atoms with E-state index in [-0.39, 0.29) is 16.7 Å². The number of rotatable bonds is 7. The van der Waals surface area contributed by atoms with E-state index in [0.717, 1.165) is 0 Å². The molecule has 8 nitrogen and oxygen atoms in total. The van der Waals surface area contributed by atoms with Crippen LogP contribution < -0.4 is 0 Å². The lowest BCUT2D eigenvalue weighted by Gasteiger charge is -2.41. The summed E-state index contributed by atoms with van der Waals surface area (Å²) in [4.78, 5) is 38.4. The Kier molecular flexibility index (Phi) is 8.04. The van der Waals surface area contributed by atoms with Gasteiger partial charge in [-0.05, 0) is 36.4 Å². The van der Waals surface area contributed by atoms with Crippen molar-refractivity contribution in [3.8, 4) is 0 Å². The smallest absolute Gasteiger partial charge is 0.338 e. The molecule has 0 radical (unpaired) electrons. The molecule has 4 rings (SSSR count). The molecule has 1 fully saturated rings. The molecule has 36 heavy (non-hydrogen) atoms. The molecule has 1 aliphatic rings. The van der Waals surface area contributed by atoms with Gasteiger partial charge >= 0.3 is 17.9 Å². The molecule has 1 N–H and O–H groups in total. The zero-order chi connectivity index (χ0) is 25.5. The second-order valence-electron chi connectivity index (χ2n) is 7.92. The van der Waals surface area contributed by atoms with Crippen molar-refractivity contribution < 1.29 is 42.8 Å². The number of alkyl halides is 1. The van der Waals surface area contributed by atoms with Crippen molar-refractivity contribution in [2.45, 2.75) is 30.8 Å². The largest absolute Gasteiger partial charge is 0.452 e. The molecule has 0 amide bonds. The van der Waals surface area contributed by atoms with Gasteiger partial charge in [0.05, 0.1) is 23.3 Å². The summed E-state index contributed by atoms with van der Waals surface area (Å²) < 4.78 is 36.8. The summed E-state index contributed by atoms with van der Waals surface area (Å²) in [5.41, 5.74) is 0.434. The van der Waals surface area contributed by atoms with E-state index >= 15 is 4.39 Å². The van der Waals surface area contributed by atoms with E-state index in [4.69, 9.17) is 18.9 Å². The normalized spacial score (nSPS) is 23.3. The summed E-state index contributed by atoms with van der Waals surface area (Å²) in [6.07, 6.45) is -8.58. The Morgan fingerprint density at radius 2 is 1.00 bits per heavy atom. The van der Waals surface area contributed by atoms with Gasteiger partial charge in [-0.2, -0.15) is 0 Å². The van der Waals surface area contributed by atoms with Gasteiger partial charge < -0.3 is 24.1 Å². The van der Waals surface area contributed by atoms with Gasteiger partial charge in [-0.25, -0.2) is 18.8 Å². The predicted octanol–water partition coefficient (Wildman–Crippen LogP) is 3.35. The first-order chi connectivity index (χ1) is 17.5. The van der Waals surface area contributed by atoms with Crippen molar-refractivity contribution in [3.63, 3.8) is 0 Å². The van der Waals surface area contributed by atoms with Crippen LogP contribution in [-0.2, 0) is 18.9 Å². The molecule has 0 aromatic heterocycles. The fourth-order valence-electron chi connectivity index (χ4n) is 3.71. The SMILES string of the molecule is O=C(O[C@@H]1[C@@H](OC(=O)c2ccccc2)[C@H](F)O[C@H](CO)[C@H]1OC(=O)c1ccccc1)c1ccccc1. The summed E-state index contributed by atoms with van der Waals surface area (Å²) in [6.45, 7) is -0.758. The van der Waals surface area contributed by atoms with E-state index < -0.39 is 55.3 Å². The Morgan fingerprint density at radius 3 is 1.39 bits per heavy atom. The van der Waals surface area contributed by atoms with Crippen molar-refractivity contribution in [1.29, 1.82) is 0 Å². The lowest BCUT2D eigenvalue weighted by molar-refractivity contribution is -0.261. The predicted molar refractivity (Wildman–Crippen MR) is 124 cm³/mol. The maximum absolute atomic E-state index is 15.2. The summed E-state index contributed by atoms with van der Waals surface area (Å²) in [7, 11) is 0. The molecule has 0 saturated carbocycles. The Labute approximate surface area is 206 Å². The van der Waals surface area contributed by atoms with Gasteiger partial charge in [-0.1, -0.05) is 54.6 Å². The number of carbonyl (C=O) groups excluding carboxylic acids is 3. The molecule has 186 valence electrons. The van der Waals surface area contributed by atoms with Gasteiger partial charge in [-0.3, -0.25) is 0 Å². The van der Waals surface area contributed by atoms with Gasteiger partial charge in [0.1, 0.15) is 6.10 Å². The first-order valence-electron chi connectivity index (χ1n) is 11.2. The maximum Gasteiger partial charge on any atom is 0.338 e. The first kappa shape index (κ1) is 25.0. The highest BCUT2D eigenvalue weighted by Gasteiger charge is 2.52. The van der Waals surface area contributed by atoms with Crippen molar-refractivity contribution >= 4 is 17.9 Å². The standard InChI is InChI=1S/C27H23FO8/c28-24-23(36-27(32)19-14-8-3-9-15-19)22(35-26(31)18-12-6-2-7-13-18)21(20(16-29)33-24)34-25(30)17-10-4-1-5-11-17/h1-15,20-24,29H,16H2/t20-,21-,22+,23-,24-/m1/s1. The van der Waals surface area contributed by atoms with Crippen LogP contribution in [0.4, 0.5) is 4.39 Å². The minimum absolute atomic E-state index is 0.125. The second-order valence-corrected chi connectivity index (χ2v) is 7.92. The van der Waals surface area contributed by atoms with Crippen molar-refractivity contribution in [2.24, 2.45) is 0 Å². The van der Waals surface area contributed by atoms with Crippen LogP contribution in [0.25, 0.3) is 0 Å². The molecule has 0 aliphatic carbocycles. The number of ether oxygens (including phenoxy) is 4. The van der Waals surface area contributed by atoms with Crippen LogP contribution >= 0.6 is 0 Å². The molecule has 0 bridgehead atoms. The third-order valence-electron chi connectivity index (χ3n) is 5.51. The number of aliphatic hydroxyl groups is 1. The highest BCUT2D eigenvalue weighted by molar-refractivity contribution is 5.91. The van der Waals surface area contributed by atoms with Crippen LogP contribution in [0.1, 0.15) is 31.1 Å². The molecular formula is C27H23FO8. The molecule has 0 spiro atoms. The van der Waals surface area contributed by atoms with Gasteiger partial charge in [0.15, 0.2) is 18.3 Å². The lowest BCUT2D eigenvalue weighted by atomic mass is 9.98. The molecule has 5 atom stereocenters. The summed E-state index contributed by atoms with van der Waals surface area (Å²) in [5.74, 6) is -2.59. The van der Waals surface area contributed by atoms with Gasteiger partial charge in [0.25, 0.3) is 0 Å². The maximum atomic E-state index is 15.2. The average molecular weight is 494 g/mol. The second kappa shape index (κ2) is 11.6.